The highest BCUT2D eigenvalue weighted by atomic mass is 32.2. The van der Waals surface area contributed by atoms with Crippen LogP contribution in [0.5, 0.6) is 0 Å². The van der Waals surface area contributed by atoms with Crippen LogP contribution in [0.25, 0.3) is 0 Å². The van der Waals surface area contributed by atoms with Gasteiger partial charge in [-0.25, -0.2) is 13.4 Å². The quantitative estimate of drug-likeness (QED) is 0.454. The first-order valence-electron chi connectivity index (χ1n) is 10.4. The predicted octanol–water partition coefficient (Wildman–Crippen LogP) is 5.12. The molecule has 0 aliphatic carbocycles. The van der Waals surface area contributed by atoms with E-state index in [2.05, 4.69) is 28.9 Å². The maximum absolute atomic E-state index is 12.6. The normalized spacial score (nSPS) is 11.4. The minimum Gasteiger partial charge on any atom is -0.352 e. The maximum Gasteiger partial charge on any atom is 0.262 e. The van der Waals surface area contributed by atoms with Crippen molar-refractivity contribution in [3.8, 4) is 0 Å². The highest BCUT2D eigenvalue weighted by molar-refractivity contribution is 7.99. The Labute approximate surface area is 193 Å². The van der Waals surface area contributed by atoms with Crippen LogP contribution in [0.4, 0.5) is 5.69 Å². The smallest absolute Gasteiger partial charge is 0.262 e. The lowest BCUT2D eigenvalue weighted by Crippen LogP contribution is -2.25. The zero-order valence-corrected chi connectivity index (χ0v) is 20.0. The highest BCUT2D eigenvalue weighted by Crippen LogP contribution is 2.28. The van der Waals surface area contributed by atoms with Gasteiger partial charge in [-0.15, -0.1) is 0 Å². The van der Waals surface area contributed by atoms with Gasteiger partial charge in [-0.3, -0.25) is 9.52 Å². The van der Waals surface area contributed by atoms with Gasteiger partial charge in [-0.05, 0) is 67.3 Å². The van der Waals surface area contributed by atoms with Gasteiger partial charge in [0.05, 0.1) is 10.5 Å². The van der Waals surface area contributed by atoms with Gasteiger partial charge in [0.25, 0.3) is 15.9 Å². The summed E-state index contributed by atoms with van der Waals surface area (Å²) in [5.41, 5.74) is 1.70. The van der Waals surface area contributed by atoms with Crippen LogP contribution in [0.15, 0.2) is 81.7 Å². The lowest BCUT2D eigenvalue weighted by Gasteiger charge is -2.11. The van der Waals surface area contributed by atoms with Crippen molar-refractivity contribution in [2.24, 2.45) is 5.92 Å². The lowest BCUT2D eigenvalue weighted by molar-refractivity contribution is 0.0951. The third kappa shape index (κ3) is 6.58. The first kappa shape index (κ1) is 23.8. The first-order valence-corrected chi connectivity index (χ1v) is 12.6. The summed E-state index contributed by atoms with van der Waals surface area (Å²) in [7, 11) is -3.65. The Hall–Kier alpha value is -2.84. The highest BCUT2D eigenvalue weighted by Gasteiger charge is 2.16. The van der Waals surface area contributed by atoms with Gasteiger partial charge in [0.2, 0.25) is 0 Å². The number of amides is 1. The molecular weight excluding hydrogens is 442 g/mol. The summed E-state index contributed by atoms with van der Waals surface area (Å²) in [5.74, 6) is 0.413. The van der Waals surface area contributed by atoms with Crippen LogP contribution in [-0.4, -0.2) is 25.9 Å². The van der Waals surface area contributed by atoms with E-state index in [9.17, 15) is 13.2 Å². The Morgan fingerprint density at radius 3 is 2.38 bits per heavy atom. The Balaban J connectivity index is 1.60. The van der Waals surface area contributed by atoms with Gasteiger partial charge in [-0.1, -0.05) is 43.8 Å². The molecule has 1 heterocycles. The number of nitrogens with one attached hydrogen (secondary N) is 2. The average Bonchev–Trinajstić information content (AvgIpc) is 2.75. The number of carbonyl (C=O) groups is 1. The summed E-state index contributed by atoms with van der Waals surface area (Å²) >= 11 is 1.44. The van der Waals surface area contributed by atoms with Crippen molar-refractivity contribution in [2.75, 3.05) is 11.3 Å². The SMILES string of the molecule is Cc1ccccc1S(=O)(=O)Nc1ccc(Sc2ccc(C(=O)NCCC(C)C)cn2)cc1. The summed E-state index contributed by atoms with van der Waals surface area (Å²) in [6, 6.07) is 17.5. The number of rotatable bonds is 9. The summed E-state index contributed by atoms with van der Waals surface area (Å²) in [6.45, 7) is 6.64. The second-order valence-electron chi connectivity index (χ2n) is 7.82. The van der Waals surface area contributed by atoms with E-state index in [-0.39, 0.29) is 10.8 Å². The molecule has 6 nitrogen and oxygen atoms in total. The number of pyridine rings is 1. The molecule has 0 bridgehead atoms. The van der Waals surface area contributed by atoms with E-state index in [4.69, 9.17) is 0 Å². The van der Waals surface area contributed by atoms with E-state index in [1.165, 1.54) is 11.8 Å². The molecule has 0 radical (unpaired) electrons. The van der Waals surface area contributed by atoms with Crippen molar-refractivity contribution >= 4 is 33.4 Å². The third-order valence-corrected chi connectivity index (χ3v) is 7.22. The van der Waals surface area contributed by atoms with Gasteiger partial charge in [0.1, 0.15) is 5.03 Å². The van der Waals surface area contributed by atoms with Crippen molar-refractivity contribution < 1.29 is 13.2 Å². The number of hydrogen-bond donors (Lipinski definition) is 2. The molecule has 32 heavy (non-hydrogen) atoms. The molecule has 2 N–H and O–H groups in total. The monoisotopic (exact) mass is 469 g/mol. The molecule has 2 aromatic carbocycles. The number of aryl methyl sites for hydroxylation is 1. The molecule has 3 rings (SSSR count). The number of carbonyl (C=O) groups excluding carboxylic acids is 1. The minimum absolute atomic E-state index is 0.125. The van der Waals surface area contributed by atoms with E-state index < -0.39 is 10.0 Å². The minimum atomic E-state index is -3.65. The number of benzene rings is 2. The molecule has 3 aromatic rings. The van der Waals surface area contributed by atoms with Crippen molar-refractivity contribution in [2.45, 2.75) is 42.0 Å². The summed E-state index contributed by atoms with van der Waals surface area (Å²) in [4.78, 5) is 17.7. The Morgan fingerprint density at radius 2 is 1.75 bits per heavy atom. The summed E-state index contributed by atoms with van der Waals surface area (Å²) < 4.78 is 27.9. The number of anilines is 1. The molecule has 0 aliphatic heterocycles. The number of aromatic nitrogens is 1. The molecule has 0 unspecified atom stereocenters. The Kier molecular flexibility index (Phi) is 7.93. The van der Waals surface area contributed by atoms with E-state index in [1.54, 1.807) is 61.7 Å². The predicted molar refractivity (Wildman–Crippen MR) is 129 cm³/mol. The zero-order valence-electron chi connectivity index (χ0n) is 18.3. The van der Waals surface area contributed by atoms with Crippen molar-refractivity contribution in [3.05, 3.63) is 78.0 Å². The van der Waals surface area contributed by atoms with E-state index >= 15 is 0 Å². The van der Waals surface area contributed by atoms with Gasteiger partial charge in [0, 0.05) is 23.3 Å². The molecule has 0 spiro atoms. The fourth-order valence-electron chi connectivity index (χ4n) is 2.93. The molecule has 0 atom stereocenters. The van der Waals surface area contributed by atoms with Crippen LogP contribution >= 0.6 is 11.8 Å². The molecule has 168 valence electrons. The van der Waals surface area contributed by atoms with Crippen LogP contribution in [0, 0.1) is 12.8 Å². The molecule has 0 fully saturated rings. The second-order valence-corrected chi connectivity index (χ2v) is 10.6. The fourth-order valence-corrected chi connectivity index (χ4v) is 4.99. The fraction of sp³-hybridized carbons (Fsp3) is 0.250. The van der Waals surface area contributed by atoms with Crippen LogP contribution in [-0.2, 0) is 10.0 Å². The number of hydrogen-bond acceptors (Lipinski definition) is 5. The molecule has 1 amide bonds. The Bertz CT molecular complexity index is 1160. The molecule has 8 heteroatoms. The largest absolute Gasteiger partial charge is 0.352 e. The van der Waals surface area contributed by atoms with Crippen LogP contribution in [0.3, 0.4) is 0 Å². The topological polar surface area (TPSA) is 88.2 Å². The van der Waals surface area contributed by atoms with E-state index in [0.29, 0.717) is 29.3 Å². The summed E-state index contributed by atoms with van der Waals surface area (Å²) in [6.07, 6.45) is 2.50. The number of sulfonamides is 1. The van der Waals surface area contributed by atoms with E-state index in [0.717, 1.165) is 16.3 Å². The van der Waals surface area contributed by atoms with Crippen molar-refractivity contribution in [1.82, 2.24) is 10.3 Å². The summed E-state index contributed by atoms with van der Waals surface area (Å²) in [5, 5.41) is 3.64. The van der Waals surface area contributed by atoms with Crippen molar-refractivity contribution in [3.63, 3.8) is 0 Å². The van der Waals surface area contributed by atoms with Gasteiger partial charge in [0.15, 0.2) is 0 Å². The van der Waals surface area contributed by atoms with E-state index in [1.807, 2.05) is 12.1 Å². The molecular formula is C24H27N3O3S2. The van der Waals surface area contributed by atoms with Crippen molar-refractivity contribution in [1.29, 1.82) is 0 Å². The van der Waals surface area contributed by atoms with Crippen LogP contribution in [0.1, 0.15) is 36.2 Å². The third-order valence-electron chi connectivity index (χ3n) is 4.72. The van der Waals surface area contributed by atoms with Crippen LogP contribution in [0.2, 0.25) is 0 Å². The zero-order chi connectivity index (χ0) is 23.1. The molecule has 0 aliphatic rings. The van der Waals surface area contributed by atoms with Gasteiger partial charge in [-0.2, -0.15) is 0 Å². The first-order chi connectivity index (χ1) is 15.2. The number of nitrogens with zero attached hydrogens (tertiary/aromatic N) is 1. The standard InChI is InChI=1S/C24H27N3O3S2/c1-17(2)14-15-25-24(28)19-8-13-23(26-16-19)31-21-11-9-20(10-12-21)27-32(29,30)22-7-5-4-6-18(22)3/h4-13,16-17,27H,14-15H2,1-3H3,(H,25,28). The Morgan fingerprint density at radius 1 is 1.03 bits per heavy atom. The lowest BCUT2D eigenvalue weighted by atomic mass is 10.1. The second kappa shape index (κ2) is 10.7. The van der Waals surface area contributed by atoms with Gasteiger partial charge < -0.3 is 5.32 Å². The maximum atomic E-state index is 12.6. The van der Waals surface area contributed by atoms with Crippen LogP contribution < -0.4 is 10.0 Å². The molecule has 0 saturated heterocycles. The average molecular weight is 470 g/mol. The van der Waals surface area contributed by atoms with Gasteiger partial charge >= 0.3 is 0 Å². The molecule has 1 aromatic heterocycles. The molecule has 0 saturated carbocycles.